The number of carbonyl (C=O) groups is 1. The van der Waals surface area contributed by atoms with Crippen molar-refractivity contribution in [3.8, 4) is 0 Å². The van der Waals surface area contributed by atoms with Crippen molar-refractivity contribution in [2.45, 2.75) is 5.16 Å². The number of hydrogen-bond donors (Lipinski definition) is 2. The van der Waals surface area contributed by atoms with Crippen molar-refractivity contribution < 1.29 is 9.90 Å². The van der Waals surface area contributed by atoms with Gasteiger partial charge in [0.2, 0.25) is 5.16 Å². The number of aromatic nitrogens is 4. The number of benzene rings is 2. The van der Waals surface area contributed by atoms with E-state index in [1.807, 2.05) is 54.6 Å². The van der Waals surface area contributed by atoms with Crippen molar-refractivity contribution in [3.63, 3.8) is 0 Å². The molecular formula is C18H12N4O2S. The number of fused-ring (bicyclic) bond motifs is 3. The van der Waals surface area contributed by atoms with Crippen molar-refractivity contribution in [1.82, 2.24) is 20.2 Å². The molecule has 0 amide bonds. The van der Waals surface area contributed by atoms with E-state index in [-0.39, 0.29) is 10.1 Å². The molecule has 0 aliphatic rings. The van der Waals surface area contributed by atoms with Crippen molar-refractivity contribution in [3.05, 3.63) is 65.1 Å². The van der Waals surface area contributed by atoms with E-state index in [2.05, 4.69) is 20.2 Å². The van der Waals surface area contributed by atoms with E-state index in [4.69, 9.17) is 0 Å². The van der Waals surface area contributed by atoms with Gasteiger partial charge < -0.3 is 10.1 Å². The van der Waals surface area contributed by atoms with Gasteiger partial charge in [0.1, 0.15) is 10.4 Å². The SMILES string of the molecule is O=C(O)/C(=C\c1ccccc1)Sc1nnc2c(n1)[nH]c1ccccc12. The summed E-state index contributed by atoms with van der Waals surface area (Å²) in [5, 5.41) is 18.9. The maximum Gasteiger partial charge on any atom is 0.342 e. The van der Waals surface area contributed by atoms with Crippen LogP contribution in [0.2, 0.25) is 0 Å². The first kappa shape index (κ1) is 15.3. The molecule has 7 heteroatoms. The summed E-state index contributed by atoms with van der Waals surface area (Å²) in [7, 11) is 0. The molecule has 2 aromatic carbocycles. The summed E-state index contributed by atoms with van der Waals surface area (Å²) in [5.41, 5.74) is 2.97. The fourth-order valence-electron chi connectivity index (χ4n) is 2.48. The first-order chi connectivity index (χ1) is 12.2. The van der Waals surface area contributed by atoms with Gasteiger partial charge >= 0.3 is 5.97 Å². The molecule has 25 heavy (non-hydrogen) atoms. The number of rotatable bonds is 4. The van der Waals surface area contributed by atoms with E-state index >= 15 is 0 Å². The largest absolute Gasteiger partial charge is 0.477 e. The maximum atomic E-state index is 11.5. The molecule has 0 bridgehead atoms. The Morgan fingerprint density at radius 1 is 1.04 bits per heavy atom. The highest BCUT2D eigenvalue weighted by molar-refractivity contribution is 8.04. The van der Waals surface area contributed by atoms with Crippen LogP contribution in [0.1, 0.15) is 5.56 Å². The third-order valence-corrected chi connectivity index (χ3v) is 4.48. The normalized spacial score (nSPS) is 11.9. The summed E-state index contributed by atoms with van der Waals surface area (Å²) in [6.07, 6.45) is 1.59. The number of H-pyrrole nitrogens is 1. The molecule has 0 aliphatic carbocycles. The molecule has 0 aliphatic heterocycles. The molecular weight excluding hydrogens is 336 g/mol. The number of thioether (sulfide) groups is 1. The second-order valence-corrected chi connectivity index (χ2v) is 6.30. The molecule has 0 fully saturated rings. The predicted octanol–water partition coefficient (Wildman–Crippen LogP) is 3.72. The zero-order valence-corrected chi connectivity index (χ0v) is 13.7. The summed E-state index contributed by atoms with van der Waals surface area (Å²) in [5.74, 6) is -1.03. The van der Waals surface area contributed by atoms with Crippen LogP contribution in [-0.2, 0) is 4.79 Å². The average molecular weight is 348 g/mol. The van der Waals surface area contributed by atoms with E-state index in [0.717, 1.165) is 28.2 Å². The van der Waals surface area contributed by atoms with Crippen LogP contribution < -0.4 is 0 Å². The number of hydrogen-bond acceptors (Lipinski definition) is 5. The molecule has 0 saturated heterocycles. The van der Waals surface area contributed by atoms with Crippen molar-refractivity contribution in [2.24, 2.45) is 0 Å². The number of carboxylic acid groups (broad SMARTS) is 1. The standard InChI is InChI=1S/C18H12N4O2S/c23-17(24)14(10-11-6-2-1-3-7-11)25-18-20-16-15(21-22-18)12-8-4-5-9-13(12)19-16/h1-10H,(H,23,24)(H,19,20,22)/b14-10+. The van der Waals surface area contributed by atoms with E-state index in [0.29, 0.717) is 11.2 Å². The van der Waals surface area contributed by atoms with E-state index in [9.17, 15) is 9.90 Å². The lowest BCUT2D eigenvalue weighted by atomic mass is 10.2. The summed E-state index contributed by atoms with van der Waals surface area (Å²) < 4.78 is 0. The molecule has 2 N–H and O–H groups in total. The molecule has 122 valence electrons. The first-order valence-corrected chi connectivity index (χ1v) is 8.31. The van der Waals surface area contributed by atoms with Crippen LogP contribution in [0.4, 0.5) is 0 Å². The number of nitrogens with zero attached hydrogens (tertiary/aromatic N) is 3. The van der Waals surface area contributed by atoms with Gasteiger partial charge in [-0.3, -0.25) is 0 Å². The second-order valence-electron chi connectivity index (χ2n) is 5.29. The lowest BCUT2D eigenvalue weighted by Crippen LogP contribution is -1.99. The third kappa shape index (κ3) is 3.09. The quantitative estimate of drug-likeness (QED) is 0.431. The lowest BCUT2D eigenvalue weighted by Gasteiger charge is -2.01. The molecule has 0 atom stereocenters. The van der Waals surface area contributed by atoms with Crippen LogP contribution in [0, 0.1) is 0 Å². The average Bonchev–Trinajstić information content (AvgIpc) is 2.99. The van der Waals surface area contributed by atoms with Gasteiger partial charge in [0.05, 0.1) is 0 Å². The molecule has 2 heterocycles. The zero-order chi connectivity index (χ0) is 17.2. The predicted molar refractivity (Wildman–Crippen MR) is 97.1 cm³/mol. The van der Waals surface area contributed by atoms with Gasteiger partial charge in [-0.25, -0.2) is 9.78 Å². The van der Waals surface area contributed by atoms with Gasteiger partial charge in [0.25, 0.3) is 0 Å². The Hall–Kier alpha value is -3.19. The number of nitrogens with one attached hydrogen (secondary N) is 1. The van der Waals surface area contributed by atoms with Crippen LogP contribution in [0.15, 0.2) is 64.7 Å². The Morgan fingerprint density at radius 2 is 1.80 bits per heavy atom. The number of aliphatic carboxylic acids is 1. The first-order valence-electron chi connectivity index (χ1n) is 7.50. The van der Waals surface area contributed by atoms with E-state index < -0.39 is 5.97 Å². The minimum Gasteiger partial charge on any atom is -0.477 e. The number of aromatic amines is 1. The Balaban J connectivity index is 1.72. The Labute approximate surface area is 146 Å². The van der Waals surface area contributed by atoms with E-state index in [1.54, 1.807) is 6.08 Å². The molecule has 0 saturated carbocycles. The molecule has 6 nitrogen and oxygen atoms in total. The van der Waals surface area contributed by atoms with Gasteiger partial charge in [-0.05, 0) is 29.5 Å². The molecule has 4 aromatic rings. The molecule has 4 rings (SSSR count). The van der Waals surface area contributed by atoms with Crippen molar-refractivity contribution >= 4 is 45.9 Å². The molecule has 0 radical (unpaired) electrons. The highest BCUT2D eigenvalue weighted by Gasteiger charge is 2.14. The van der Waals surface area contributed by atoms with Gasteiger partial charge in [-0.1, -0.05) is 48.5 Å². The maximum absolute atomic E-state index is 11.5. The van der Waals surface area contributed by atoms with Crippen LogP contribution in [-0.4, -0.2) is 31.2 Å². The molecule has 0 unspecified atom stereocenters. The van der Waals surface area contributed by atoms with Crippen LogP contribution in [0.3, 0.4) is 0 Å². The third-order valence-electron chi connectivity index (χ3n) is 3.61. The van der Waals surface area contributed by atoms with E-state index in [1.165, 1.54) is 0 Å². The minimum atomic E-state index is -1.03. The molecule has 0 spiro atoms. The minimum absolute atomic E-state index is 0.128. The lowest BCUT2D eigenvalue weighted by molar-refractivity contribution is -0.131. The topological polar surface area (TPSA) is 91.8 Å². The zero-order valence-electron chi connectivity index (χ0n) is 12.9. The molecule has 2 aromatic heterocycles. The second kappa shape index (κ2) is 6.37. The highest BCUT2D eigenvalue weighted by atomic mass is 32.2. The van der Waals surface area contributed by atoms with Gasteiger partial charge in [0.15, 0.2) is 5.65 Å². The van der Waals surface area contributed by atoms with Crippen molar-refractivity contribution in [1.29, 1.82) is 0 Å². The van der Waals surface area contributed by atoms with Crippen LogP contribution >= 0.6 is 11.8 Å². The smallest absolute Gasteiger partial charge is 0.342 e. The number of para-hydroxylation sites is 1. The Morgan fingerprint density at radius 3 is 2.60 bits per heavy atom. The summed E-state index contributed by atoms with van der Waals surface area (Å²) >= 11 is 0.973. The monoisotopic (exact) mass is 348 g/mol. The fourth-order valence-corrected chi connectivity index (χ4v) is 3.18. The van der Waals surface area contributed by atoms with Crippen LogP contribution in [0.25, 0.3) is 28.1 Å². The van der Waals surface area contributed by atoms with Gasteiger partial charge in [0, 0.05) is 10.9 Å². The fraction of sp³-hybridized carbons (Fsp3) is 0. The van der Waals surface area contributed by atoms with Gasteiger partial charge in [-0.15, -0.1) is 10.2 Å². The van der Waals surface area contributed by atoms with Crippen LogP contribution in [0.5, 0.6) is 0 Å². The number of carboxylic acids is 1. The van der Waals surface area contributed by atoms with Crippen molar-refractivity contribution in [2.75, 3.05) is 0 Å². The Kier molecular flexibility index (Phi) is 3.91. The summed E-state index contributed by atoms with van der Waals surface area (Å²) in [6, 6.07) is 17.0. The highest BCUT2D eigenvalue weighted by Crippen LogP contribution is 2.28. The summed E-state index contributed by atoms with van der Waals surface area (Å²) in [4.78, 5) is 19.3. The summed E-state index contributed by atoms with van der Waals surface area (Å²) in [6.45, 7) is 0. The van der Waals surface area contributed by atoms with Gasteiger partial charge in [-0.2, -0.15) is 0 Å². The Bertz CT molecular complexity index is 1110.